The van der Waals surface area contributed by atoms with Gasteiger partial charge in [-0.1, -0.05) is 6.07 Å². The van der Waals surface area contributed by atoms with Crippen LogP contribution in [0.2, 0.25) is 0 Å². The Morgan fingerprint density at radius 3 is 3.10 bits per heavy atom. The normalized spacial score (nSPS) is 21.5. The Morgan fingerprint density at radius 1 is 1.52 bits per heavy atom. The van der Waals surface area contributed by atoms with Crippen molar-refractivity contribution in [3.8, 4) is 0 Å². The van der Waals surface area contributed by atoms with Crippen LogP contribution < -0.4 is 0 Å². The number of H-pyrrole nitrogens is 1. The minimum absolute atomic E-state index is 0.111. The molecule has 1 aromatic carbocycles. The van der Waals surface area contributed by atoms with E-state index in [1.165, 1.54) is 5.56 Å². The number of aromatic nitrogens is 2. The van der Waals surface area contributed by atoms with Gasteiger partial charge in [-0.15, -0.1) is 0 Å². The summed E-state index contributed by atoms with van der Waals surface area (Å²) in [4.78, 5) is 21.4. The van der Waals surface area contributed by atoms with E-state index in [0.717, 1.165) is 36.2 Å². The third-order valence-corrected chi connectivity index (χ3v) is 4.40. The molecule has 1 aliphatic heterocycles. The van der Waals surface area contributed by atoms with Crippen LogP contribution in [-0.2, 0) is 4.79 Å². The number of fused-ring (bicyclic) bond motifs is 1. The zero-order chi connectivity index (χ0) is 15.0. The van der Waals surface area contributed by atoms with E-state index < -0.39 is 5.97 Å². The lowest BCUT2D eigenvalue weighted by molar-refractivity contribution is -0.143. The maximum absolute atomic E-state index is 11.2. The summed E-state index contributed by atoms with van der Waals surface area (Å²) < 4.78 is 0. The summed E-state index contributed by atoms with van der Waals surface area (Å²) in [6.45, 7) is 5.69. The molecule has 0 saturated carbocycles. The van der Waals surface area contributed by atoms with Crippen LogP contribution in [0.4, 0.5) is 0 Å². The molecule has 0 spiro atoms. The molecule has 112 valence electrons. The number of rotatable bonds is 3. The Bertz CT molecular complexity index is 665. The van der Waals surface area contributed by atoms with Gasteiger partial charge in [0.25, 0.3) is 0 Å². The first kappa shape index (κ1) is 14.1. The van der Waals surface area contributed by atoms with Crippen molar-refractivity contribution in [2.45, 2.75) is 32.7 Å². The molecule has 1 aliphatic rings. The average molecular weight is 287 g/mol. The van der Waals surface area contributed by atoms with Crippen LogP contribution in [0, 0.1) is 12.8 Å². The maximum atomic E-state index is 11.2. The van der Waals surface area contributed by atoms with Gasteiger partial charge >= 0.3 is 5.97 Å². The molecule has 0 radical (unpaired) electrons. The lowest BCUT2D eigenvalue weighted by Crippen LogP contribution is -2.40. The molecule has 1 fully saturated rings. The van der Waals surface area contributed by atoms with Crippen molar-refractivity contribution in [1.29, 1.82) is 0 Å². The van der Waals surface area contributed by atoms with Gasteiger partial charge in [-0.3, -0.25) is 9.69 Å². The molecule has 1 saturated heterocycles. The van der Waals surface area contributed by atoms with Gasteiger partial charge in [-0.2, -0.15) is 0 Å². The second-order valence-corrected chi connectivity index (χ2v) is 5.99. The lowest BCUT2D eigenvalue weighted by Gasteiger charge is -2.34. The maximum Gasteiger partial charge on any atom is 0.307 e. The van der Waals surface area contributed by atoms with E-state index in [0.29, 0.717) is 6.54 Å². The van der Waals surface area contributed by atoms with Crippen LogP contribution in [0.25, 0.3) is 11.0 Å². The standard InChI is InChI=1S/C16H21N3O2/c1-10-5-6-13-14(8-10)18-15(17-13)11(2)19-7-3-4-12(9-19)16(20)21/h5-6,8,11-12H,3-4,7,9H2,1-2H3,(H,17,18)(H,20,21). The third kappa shape index (κ3) is 2.78. The lowest BCUT2D eigenvalue weighted by atomic mass is 9.97. The molecule has 1 aromatic heterocycles. The van der Waals surface area contributed by atoms with E-state index in [1.54, 1.807) is 0 Å². The number of aromatic amines is 1. The van der Waals surface area contributed by atoms with Gasteiger partial charge in [0.2, 0.25) is 0 Å². The first-order valence-electron chi connectivity index (χ1n) is 7.47. The highest BCUT2D eigenvalue weighted by molar-refractivity contribution is 5.75. The fraction of sp³-hybridized carbons (Fsp3) is 0.500. The molecule has 2 unspecified atom stereocenters. The van der Waals surface area contributed by atoms with Crippen molar-refractivity contribution in [3.63, 3.8) is 0 Å². The molecule has 2 N–H and O–H groups in total. The molecule has 2 atom stereocenters. The summed E-state index contributed by atoms with van der Waals surface area (Å²) in [5.74, 6) is -0.0263. The molecule has 0 amide bonds. The van der Waals surface area contributed by atoms with E-state index in [1.807, 2.05) is 6.07 Å². The van der Waals surface area contributed by atoms with Crippen molar-refractivity contribution < 1.29 is 9.90 Å². The fourth-order valence-corrected chi connectivity index (χ4v) is 3.07. The topological polar surface area (TPSA) is 69.2 Å². The second kappa shape index (κ2) is 5.48. The van der Waals surface area contributed by atoms with Crippen LogP contribution in [0.3, 0.4) is 0 Å². The summed E-state index contributed by atoms with van der Waals surface area (Å²) >= 11 is 0. The van der Waals surface area contributed by atoms with Crippen LogP contribution in [0.15, 0.2) is 18.2 Å². The van der Waals surface area contributed by atoms with Crippen LogP contribution in [0.5, 0.6) is 0 Å². The second-order valence-electron chi connectivity index (χ2n) is 5.99. The number of piperidine rings is 1. The highest BCUT2D eigenvalue weighted by Gasteiger charge is 2.29. The Morgan fingerprint density at radius 2 is 2.33 bits per heavy atom. The smallest absolute Gasteiger partial charge is 0.307 e. The molecule has 2 heterocycles. The number of carboxylic acid groups (broad SMARTS) is 1. The van der Waals surface area contributed by atoms with Gasteiger partial charge in [0.1, 0.15) is 5.82 Å². The SMILES string of the molecule is Cc1ccc2nc(C(C)N3CCCC(C(=O)O)C3)[nH]c2c1. The minimum atomic E-state index is -0.688. The molecule has 21 heavy (non-hydrogen) atoms. The number of carbonyl (C=O) groups is 1. The first-order chi connectivity index (χ1) is 10.0. The Hall–Kier alpha value is -1.88. The van der Waals surface area contributed by atoms with Crippen LogP contribution in [0.1, 0.15) is 37.2 Å². The quantitative estimate of drug-likeness (QED) is 0.910. The van der Waals surface area contributed by atoms with Crippen molar-refractivity contribution >= 4 is 17.0 Å². The van der Waals surface area contributed by atoms with Crippen molar-refractivity contribution in [2.75, 3.05) is 13.1 Å². The molecule has 2 aromatic rings. The summed E-state index contributed by atoms with van der Waals surface area (Å²) in [5, 5.41) is 9.20. The van der Waals surface area contributed by atoms with Crippen molar-refractivity contribution in [2.24, 2.45) is 5.92 Å². The van der Waals surface area contributed by atoms with E-state index in [-0.39, 0.29) is 12.0 Å². The minimum Gasteiger partial charge on any atom is -0.481 e. The monoisotopic (exact) mass is 287 g/mol. The molecule has 0 aliphatic carbocycles. The van der Waals surface area contributed by atoms with Crippen LogP contribution in [-0.4, -0.2) is 39.0 Å². The molecule has 0 bridgehead atoms. The Kier molecular flexibility index (Phi) is 3.68. The van der Waals surface area contributed by atoms with Crippen molar-refractivity contribution in [3.05, 3.63) is 29.6 Å². The predicted molar refractivity (Wildman–Crippen MR) is 81.2 cm³/mol. The Balaban J connectivity index is 1.82. The number of likely N-dealkylation sites (tertiary alicyclic amines) is 1. The highest BCUT2D eigenvalue weighted by atomic mass is 16.4. The largest absolute Gasteiger partial charge is 0.481 e. The van der Waals surface area contributed by atoms with Gasteiger partial charge in [-0.25, -0.2) is 4.98 Å². The van der Waals surface area contributed by atoms with Gasteiger partial charge < -0.3 is 10.1 Å². The number of benzene rings is 1. The Labute approximate surface area is 124 Å². The average Bonchev–Trinajstić information content (AvgIpc) is 2.89. The van der Waals surface area contributed by atoms with Crippen LogP contribution >= 0.6 is 0 Å². The van der Waals surface area contributed by atoms with Gasteiger partial charge in [0, 0.05) is 6.54 Å². The van der Waals surface area contributed by atoms with Crippen molar-refractivity contribution in [1.82, 2.24) is 14.9 Å². The van der Waals surface area contributed by atoms with E-state index in [2.05, 4.69) is 40.8 Å². The number of imidazole rings is 1. The van der Waals surface area contributed by atoms with E-state index >= 15 is 0 Å². The molecule has 5 heteroatoms. The summed E-state index contributed by atoms with van der Waals surface area (Å²) in [7, 11) is 0. The summed E-state index contributed by atoms with van der Waals surface area (Å²) in [6, 6.07) is 6.28. The third-order valence-electron chi connectivity index (χ3n) is 4.40. The molecule has 5 nitrogen and oxygen atoms in total. The number of hydrogen-bond donors (Lipinski definition) is 2. The zero-order valence-electron chi connectivity index (χ0n) is 12.5. The van der Waals surface area contributed by atoms with E-state index in [4.69, 9.17) is 0 Å². The first-order valence-corrected chi connectivity index (χ1v) is 7.47. The van der Waals surface area contributed by atoms with E-state index in [9.17, 15) is 9.90 Å². The van der Waals surface area contributed by atoms with Gasteiger partial charge in [0.15, 0.2) is 0 Å². The molecule has 3 rings (SSSR count). The fourth-order valence-electron chi connectivity index (χ4n) is 3.07. The number of aliphatic carboxylic acids is 1. The number of hydrogen-bond acceptors (Lipinski definition) is 3. The van der Waals surface area contributed by atoms with Gasteiger partial charge in [-0.05, 0) is 50.9 Å². The number of carboxylic acids is 1. The highest BCUT2D eigenvalue weighted by Crippen LogP contribution is 2.26. The van der Waals surface area contributed by atoms with Gasteiger partial charge in [0.05, 0.1) is 23.0 Å². The molecular formula is C16H21N3O2. The summed E-state index contributed by atoms with van der Waals surface area (Å²) in [5.41, 5.74) is 3.21. The molecular weight excluding hydrogens is 266 g/mol. The number of aryl methyl sites for hydroxylation is 1. The summed E-state index contributed by atoms with van der Waals surface area (Å²) in [6.07, 6.45) is 1.71. The number of nitrogens with zero attached hydrogens (tertiary/aromatic N) is 2. The predicted octanol–water partition coefficient (Wildman–Crippen LogP) is 2.73. The zero-order valence-corrected chi connectivity index (χ0v) is 12.5. The number of nitrogens with one attached hydrogen (secondary N) is 1.